The Labute approximate surface area is 159 Å². The second-order valence-corrected chi connectivity index (χ2v) is 6.36. The molecule has 1 aromatic carbocycles. The summed E-state index contributed by atoms with van der Waals surface area (Å²) in [7, 11) is 0. The Morgan fingerprint density at radius 2 is 2.14 bits per heavy atom. The molecule has 1 amide bonds. The summed E-state index contributed by atoms with van der Waals surface area (Å²) < 4.78 is 45.9. The van der Waals surface area contributed by atoms with E-state index in [-0.39, 0.29) is 28.8 Å². The normalized spacial score (nSPS) is 14.8. The molecule has 0 bridgehead atoms. The van der Waals surface area contributed by atoms with E-state index in [9.17, 15) is 18.7 Å². The molecule has 2 aromatic rings. The number of ether oxygens (including phenoxy) is 3. The molecular weight excluding hydrogens is 378 g/mol. The predicted octanol–water partition coefficient (Wildman–Crippen LogP) is 3.38. The monoisotopic (exact) mass is 398 g/mol. The molecule has 1 saturated carbocycles. The SMILES string of the molecule is CC(OC(N)=O)c1oc(-c2ccc(OC(F)F)c(OCC3CC3)c2)nc1CO. The molecule has 1 fully saturated rings. The van der Waals surface area contributed by atoms with Crippen molar-refractivity contribution in [3.63, 3.8) is 0 Å². The first-order valence-electron chi connectivity index (χ1n) is 8.66. The van der Waals surface area contributed by atoms with Gasteiger partial charge in [0.2, 0.25) is 5.89 Å². The molecule has 0 aliphatic heterocycles. The molecule has 0 radical (unpaired) electrons. The number of aromatic nitrogens is 1. The Bertz CT molecular complexity index is 837. The maximum atomic E-state index is 12.6. The van der Waals surface area contributed by atoms with Gasteiger partial charge in [-0.2, -0.15) is 8.78 Å². The number of primary amides is 1. The molecule has 1 aliphatic rings. The van der Waals surface area contributed by atoms with Crippen molar-refractivity contribution >= 4 is 6.09 Å². The van der Waals surface area contributed by atoms with Gasteiger partial charge in [0.15, 0.2) is 23.4 Å². The number of carbonyl (C=O) groups is 1. The molecule has 0 spiro atoms. The fourth-order valence-corrected chi connectivity index (χ4v) is 2.59. The first-order chi connectivity index (χ1) is 13.4. The number of hydrogen-bond acceptors (Lipinski definition) is 7. The van der Waals surface area contributed by atoms with Gasteiger partial charge in [0, 0.05) is 5.56 Å². The second-order valence-electron chi connectivity index (χ2n) is 6.36. The summed E-state index contributed by atoms with van der Waals surface area (Å²) >= 11 is 0. The Balaban J connectivity index is 1.90. The number of benzene rings is 1. The van der Waals surface area contributed by atoms with Gasteiger partial charge < -0.3 is 29.5 Å². The topological polar surface area (TPSA) is 117 Å². The minimum atomic E-state index is -2.99. The zero-order chi connectivity index (χ0) is 20.3. The summed E-state index contributed by atoms with van der Waals surface area (Å²) in [6, 6.07) is 4.27. The third-order valence-electron chi connectivity index (χ3n) is 4.12. The number of hydrogen-bond donors (Lipinski definition) is 2. The first kappa shape index (κ1) is 19.9. The average Bonchev–Trinajstić information content (AvgIpc) is 3.36. The van der Waals surface area contributed by atoms with Crippen molar-refractivity contribution in [2.45, 2.75) is 39.1 Å². The minimum Gasteiger partial charge on any atom is -0.489 e. The molecule has 8 nitrogen and oxygen atoms in total. The van der Waals surface area contributed by atoms with E-state index in [1.54, 1.807) is 0 Å². The fraction of sp³-hybridized carbons (Fsp3) is 0.444. The first-order valence-corrected chi connectivity index (χ1v) is 8.66. The van der Waals surface area contributed by atoms with Gasteiger partial charge >= 0.3 is 12.7 Å². The van der Waals surface area contributed by atoms with Crippen molar-refractivity contribution < 1.29 is 37.3 Å². The Kier molecular flexibility index (Phi) is 5.98. The quantitative estimate of drug-likeness (QED) is 0.665. The van der Waals surface area contributed by atoms with Crippen LogP contribution in [0.1, 0.15) is 37.3 Å². The smallest absolute Gasteiger partial charge is 0.405 e. The fourth-order valence-electron chi connectivity index (χ4n) is 2.59. The molecule has 1 aromatic heterocycles. The second kappa shape index (κ2) is 8.42. The van der Waals surface area contributed by atoms with Crippen LogP contribution in [0, 0.1) is 5.92 Å². The highest BCUT2D eigenvalue weighted by atomic mass is 19.3. The van der Waals surface area contributed by atoms with Crippen molar-refractivity contribution in [3.8, 4) is 23.0 Å². The Morgan fingerprint density at radius 1 is 1.39 bits per heavy atom. The summed E-state index contributed by atoms with van der Waals surface area (Å²) in [5.41, 5.74) is 5.58. The molecular formula is C18H20F2N2O6. The highest BCUT2D eigenvalue weighted by Gasteiger charge is 2.25. The number of aliphatic hydroxyl groups excluding tert-OH is 1. The van der Waals surface area contributed by atoms with E-state index in [1.165, 1.54) is 25.1 Å². The van der Waals surface area contributed by atoms with Crippen molar-refractivity contribution in [2.75, 3.05) is 6.61 Å². The molecule has 1 unspecified atom stereocenters. The van der Waals surface area contributed by atoms with E-state index in [0.717, 1.165) is 12.8 Å². The van der Waals surface area contributed by atoms with E-state index >= 15 is 0 Å². The molecule has 152 valence electrons. The number of nitrogens with two attached hydrogens (primary N) is 1. The van der Waals surface area contributed by atoms with Crippen LogP contribution in [0.2, 0.25) is 0 Å². The third kappa shape index (κ3) is 4.89. The van der Waals surface area contributed by atoms with Crippen molar-refractivity contribution in [2.24, 2.45) is 11.7 Å². The van der Waals surface area contributed by atoms with Gasteiger partial charge in [-0.1, -0.05) is 0 Å². The van der Waals surface area contributed by atoms with Crippen LogP contribution >= 0.6 is 0 Å². The van der Waals surface area contributed by atoms with Gasteiger partial charge in [0.05, 0.1) is 13.2 Å². The highest BCUT2D eigenvalue weighted by molar-refractivity contribution is 5.65. The number of aliphatic hydroxyl groups is 1. The minimum absolute atomic E-state index is 0.0961. The van der Waals surface area contributed by atoms with Gasteiger partial charge in [0.25, 0.3) is 0 Å². The predicted molar refractivity (Wildman–Crippen MR) is 91.8 cm³/mol. The lowest BCUT2D eigenvalue weighted by molar-refractivity contribution is -0.0515. The van der Waals surface area contributed by atoms with Gasteiger partial charge in [-0.05, 0) is 43.9 Å². The van der Waals surface area contributed by atoms with Crippen molar-refractivity contribution in [3.05, 3.63) is 29.7 Å². The molecule has 1 aliphatic carbocycles. The standard InChI is InChI=1S/C18H20F2N2O6/c1-9(26-18(21)24)15-12(7-23)22-16(28-15)11-4-5-13(27-17(19)20)14(6-11)25-8-10-2-3-10/h4-6,9-10,17,23H,2-3,7-8H2,1H3,(H2,21,24). The van der Waals surface area contributed by atoms with Gasteiger partial charge in [-0.15, -0.1) is 0 Å². The summed E-state index contributed by atoms with van der Waals surface area (Å²) in [6.45, 7) is -1.54. The molecule has 1 atom stereocenters. The molecule has 28 heavy (non-hydrogen) atoms. The van der Waals surface area contributed by atoms with Crippen LogP contribution < -0.4 is 15.2 Å². The lowest BCUT2D eigenvalue weighted by Crippen LogP contribution is -2.16. The Hall–Kier alpha value is -2.88. The van der Waals surface area contributed by atoms with E-state index < -0.39 is 25.4 Å². The number of nitrogens with zero attached hydrogens (tertiary/aromatic N) is 1. The van der Waals surface area contributed by atoms with Gasteiger partial charge in [-0.3, -0.25) is 0 Å². The number of alkyl halides is 2. The molecule has 3 rings (SSSR count). The molecule has 0 saturated heterocycles. The largest absolute Gasteiger partial charge is 0.489 e. The van der Waals surface area contributed by atoms with E-state index in [0.29, 0.717) is 18.1 Å². The van der Waals surface area contributed by atoms with E-state index in [1.807, 2.05) is 0 Å². The third-order valence-corrected chi connectivity index (χ3v) is 4.12. The number of amides is 1. The maximum absolute atomic E-state index is 12.6. The van der Waals surface area contributed by atoms with E-state index in [2.05, 4.69) is 9.72 Å². The number of rotatable bonds is 9. The number of oxazole rings is 1. The zero-order valence-corrected chi connectivity index (χ0v) is 15.1. The van der Waals surface area contributed by atoms with Crippen LogP contribution in [0.5, 0.6) is 11.5 Å². The maximum Gasteiger partial charge on any atom is 0.405 e. The molecule has 1 heterocycles. The van der Waals surface area contributed by atoms with Crippen LogP contribution in [0.4, 0.5) is 13.6 Å². The summed E-state index contributed by atoms with van der Waals surface area (Å²) in [6.07, 6.45) is 0.197. The van der Waals surface area contributed by atoms with Crippen LogP contribution in [0.3, 0.4) is 0 Å². The van der Waals surface area contributed by atoms with Crippen LogP contribution in [-0.2, 0) is 11.3 Å². The summed E-state index contributed by atoms with van der Waals surface area (Å²) in [5, 5.41) is 9.49. The van der Waals surface area contributed by atoms with Crippen molar-refractivity contribution in [1.82, 2.24) is 4.98 Å². The average molecular weight is 398 g/mol. The number of carbonyl (C=O) groups excluding carboxylic acids is 1. The van der Waals surface area contributed by atoms with Crippen LogP contribution in [0.15, 0.2) is 22.6 Å². The van der Waals surface area contributed by atoms with Gasteiger partial charge in [-0.25, -0.2) is 9.78 Å². The zero-order valence-electron chi connectivity index (χ0n) is 15.1. The summed E-state index contributed by atoms with van der Waals surface area (Å²) in [5.74, 6) is 0.670. The Morgan fingerprint density at radius 3 is 2.75 bits per heavy atom. The molecule has 3 N–H and O–H groups in total. The lowest BCUT2D eigenvalue weighted by Gasteiger charge is -2.13. The lowest BCUT2D eigenvalue weighted by atomic mass is 10.2. The summed E-state index contributed by atoms with van der Waals surface area (Å²) in [4.78, 5) is 15.1. The van der Waals surface area contributed by atoms with Crippen molar-refractivity contribution in [1.29, 1.82) is 0 Å². The highest BCUT2D eigenvalue weighted by Crippen LogP contribution is 2.37. The molecule has 10 heteroatoms. The van der Waals surface area contributed by atoms with E-state index in [4.69, 9.17) is 19.6 Å². The van der Waals surface area contributed by atoms with Gasteiger partial charge in [0.1, 0.15) is 5.69 Å². The number of halogens is 2. The van der Waals surface area contributed by atoms with Crippen LogP contribution in [0.25, 0.3) is 11.5 Å². The van der Waals surface area contributed by atoms with Crippen LogP contribution in [-0.4, -0.2) is 29.4 Å².